The van der Waals surface area contributed by atoms with Gasteiger partial charge in [-0.25, -0.2) is 4.79 Å². The Morgan fingerprint density at radius 2 is 1.86 bits per heavy atom. The van der Waals surface area contributed by atoms with Crippen molar-refractivity contribution in [2.75, 3.05) is 13.7 Å². The van der Waals surface area contributed by atoms with Crippen molar-refractivity contribution in [3.05, 3.63) is 29.8 Å². The molecule has 1 atom stereocenters. The Labute approximate surface area is 133 Å². The summed E-state index contributed by atoms with van der Waals surface area (Å²) < 4.78 is 10.2. The molecule has 0 aliphatic heterocycles. The predicted molar refractivity (Wildman–Crippen MR) is 87.0 cm³/mol. The number of esters is 1. The van der Waals surface area contributed by atoms with Gasteiger partial charge in [0.05, 0.1) is 13.7 Å². The number of methoxy groups -OCH3 is 1. The molecule has 0 radical (unpaired) electrons. The molecule has 0 spiro atoms. The standard InChI is InChI=1S/C18H28O4/c1-3-4-5-6-14-22-16-12-10-15(11-13-16)8-7-9-17(19)18(20)21-2/h10-13,17,19H,3-9,14H2,1-2H3. The SMILES string of the molecule is CCCCCCOc1ccc(CCCC(O)C(=O)OC)cc1. The molecule has 1 N–H and O–H groups in total. The Bertz CT molecular complexity index is 414. The minimum absolute atomic E-state index is 0.419. The van der Waals surface area contributed by atoms with Crippen LogP contribution < -0.4 is 4.74 Å². The molecule has 0 heterocycles. The molecule has 0 bridgehead atoms. The van der Waals surface area contributed by atoms with E-state index in [1.54, 1.807) is 0 Å². The molecule has 0 amide bonds. The van der Waals surface area contributed by atoms with Crippen LogP contribution in [0.4, 0.5) is 0 Å². The van der Waals surface area contributed by atoms with Gasteiger partial charge >= 0.3 is 5.97 Å². The summed E-state index contributed by atoms with van der Waals surface area (Å²) in [5.41, 5.74) is 1.18. The second-order valence-corrected chi connectivity index (χ2v) is 5.48. The molecule has 1 unspecified atom stereocenters. The van der Waals surface area contributed by atoms with Gasteiger partial charge in [-0.05, 0) is 43.4 Å². The van der Waals surface area contributed by atoms with Crippen LogP contribution in [0.1, 0.15) is 51.0 Å². The lowest BCUT2D eigenvalue weighted by Crippen LogP contribution is -2.21. The number of carbonyl (C=O) groups excluding carboxylic acids is 1. The van der Waals surface area contributed by atoms with Crippen molar-refractivity contribution in [3.63, 3.8) is 0 Å². The monoisotopic (exact) mass is 308 g/mol. The highest BCUT2D eigenvalue weighted by Crippen LogP contribution is 2.15. The average Bonchev–Trinajstić information content (AvgIpc) is 2.55. The van der Waals surface area contributed by atoms with E-state index in [9.17, 15) is 9.90 Å². The quantitative estimate of drug-likeness (QED) is 0.502. The third-order valence-corrected chi connectivity index (χ3v) is 3.61. The van der Waals surface area contributed by atoms with E-state index in [4.69, 9.17) is 4.74 Å². The Hall–Kier alpha value is -1.55. The van der Waals surface area contributed by atoms with Crippen LogP contribution in [0.15, 0.2) is 24.3 Å². The summed E-state index contributed by atoms with van der Waals surface area (Å²) in [4.78, 5) is 11.1. The Morgan fingerprint density at radius 3 is 2.50 bits per heavy atom. The number of rotatable bonds is 11. The molecule has 1 aromatic rings. The second-order valence-electron chi connectivity index (χ2n) is 5.48. The number of aliphatic hydroxyl groups excluding tert-OH is 1. The minimum Gasteiger partial charge on any atom is -0.494 e. The fourth-order valence-electron chi connectivity index (χ4n) is 2.22. The van der Waals surface area contributed by atoms with Gasteiger partial charge in [-0.2, -0.15) is 0 Å². The zero-order valence-corrected chi connectivity index (χ0v) is 13.7. The number of aliphatic hydroxyl groups is 1. The highest BCUT2D eigenvalue weighted by atomic mass is 16.5. The van der Waals surface area contributed by atoms with Gasteiger partial charge in [0.2, 0.25) is 0 Å². The van der Waals surface area contributed by atoms with Crippen LogP contribution >= 0.6 is 0 Å². The zero-order chi connectivity index (χ0) is 16.2. The first-order valence-corrected chi connectivity index (χ1v) is 8.15. The maximum absolute atomic E-state index is 11.1. The van der Waals surface area contributed by atoms with Crippen molar-refractivity contribution in [1.82, 2.24) is 0 Å². The highest BCUT2D eigenvalue weighted by molar-refractivity contribution is 5.74. The number of unbranched alkanes of at least 4 members (excludes halogenated alkanes) is 3. The van der Waals surface area contributed by atoms with Crippen molar-refractivity contribution in [2.45, 2.75) is 58.0 Å². The molecule has 0 saturated heterocycles. The minimum atomic E-state index is -1.02. The van der Waals surface area contributed by atoms with Gasteiger partial charge < -0.3 is 14.6 Å². The second kappa shape index (κ2) is 11.1. The van der Waals surface area contributed by atoms with Crippen molar-refractivity contribution in [3.8, 4) is 5.75 Å². The van der Waals surface area contributed by atoms with Gasteiger partial charge in [0.1, 0.15) is 5.75 Å². The van der Waals surface area contributed by atoms with Gasteiger partial charge in [-0.3, -0.25) is 0 Å². The molecule has 0 aliphatic rings. The summed E-state index contributed by atoms with van der Waals surface area (Å²) in [6.07, 6.45) is 5.79. The molecule has 4 nitrogen and oxygen atoms in total. The third-order valence-electron chi connectivity index (χ3n) is 3.61. The zero-order valence-electron chi connectivity index (χ0n) is 13.7. The first-order valence-electron chi connectivity index (χ1n) is 8.15. The third kappa shape index (κ3) is 7.46. The van der Waals surface area contributed by atoms with Gasteiger partial charge in [-0.1, -0.05) is 38.3 Å². The van der Waals surface area contributed by atoms with Gasteiger partial charge in [0.25, 0.3) is 0 Å². The molecule has 124 valence electrons. The van der Waals surface area contributed by atoms with E-state index in [1.807, 2.05) is 24.3 Å². The van der Waals surface area contributed by atoms with Crippen molar-refractivity contribution in [1.29, 1.82) is 0 Å². The fraction of sp³-hybridized carbons (Fsp3) is 0.611. The van der Waals surface area contributed by atoms with Gasteiger partial charge in [0.15, 0.2) is 6.10 Å². The van der Waals surface area contributed by atoms with Gasteiger partial charge in [0, 0.05) is 0 Å². The summed E-state index contributed by atoms with van der Waals surface area (Å²) in [5, 5.41) is 9.50. The van der Waals surface area contributed by atoms with E-state index in [2.05, 4.69) is 11.7 Å². The largest absolute Gasteiger partial charge is 0.494 e. The molecule has 4 heteroatoms. The van der Waals surface area contributed by atoms with Crippen LogP contribution in [0, 0.1) is 0 Å². The summed E-state index contributed by atoms with van der Waals surface area (Å²) in [5.74, 6) is 0.335. The number of benzene rings is 1. The summed E-state index contributed by atoms with van der Waals surface area (Å²) in [7, 11) is 1.28. The maximum Gasteiger partial charge on any atom is 0.334 e. The first-order chi connectivity index (χ1) is 10.7. The lowest BCUT2D eigenvalue weighted by molar-refractivity contribution is -0.150. The normalized spacial score (nSPS) is 12.0. The van der Waals surface area contributed by atoms with E-state index < -0.39 is 12.1 Å². The molecule has 0 saturated carbocycles. The smallest absolute Gasteiger partial charge is 0.334 e. The molecule has 22 heavy (non-hydrogen) atoms. The van der Waals surface area contributed by atoms with E-state index in [-0.39, 0.29) is 0 Å². The van der Waals surface area contributed by atoms with Crippen LogP contribution in [0.2, 0.25) is 0 Å². The maximum atomic E-state index is 11.1. The van der Waals surface area contributed by atoms with Crippen molar-refractivity contribution in [2.24, 2.45) is 0 Å². The van der Waals surface area contributed by atoms with E-state index in [0.29, 0.717) is 6.42 Å². The topological polar surface area (TPSA) is 55.8 Å². The molecular weight excluding hydrogens is 280 g/mol. The Morgan fingerprint density at radius 1 is 1.14 bits per heavy atom. The molecule has 0 aliphatic carbocycles. The summed E-state index contributed by atoms with van der Waals surface area (Å²) in [6.45, 7) is 2.97. The van der Waals surface area contributed by atoms with E-state index in [1.165, 1.54) is 31.9 Å². The number of aryl methyl sites for hydroxylation is 1. The number of hydrogen-bond donors (Lipinski definition) is 1. The fourth-order valence-corrected chi connectivity index (χ4v) is 2.22. The molecule has 0 aromatic heterocycles. The van der Waals surface area contributed by atoms with Crippen LogP contribution in [-0.4, -0.2) is 30.9 Å². The Kier molecular flexibility index (Phi) is 9.31. The lowest BCUT2D eigenvalue weighted by Gasteiger charge is -2.09. The van der Waals surface area contributed by atoms with Crippen LogP contribution in [-0.2, 0) is 16.0 Å². The summed E-state index contributed by atoms with van der Waals surface area (Å²) >= 11 is 0. The van der Waals surface area contributed by atoms with Crippen LogP contribution in [0.3, 0.4) is 0 Å². The first kappa shape index (κ1) is 18.5. The molecule has 1 rings (SSSR count). The van der Waals surface area contributed by atoms with Crippen molar-refractivity contribution >= 4 is 5.97 Å². The predicted octanol–water partition coefficient (Wildman–Crippen LogP) is 3.50. The lowest BCUT2D eigenvalue weighted by atomic mass is 10.1. The highest BCUT2D eigenvalue weighted by Gasteiger charge is 2.14. The molecule has 1 aromatic carbocycles. The van der Waals surface area contributed by atoms with Gasteiger partial charge in [-0.15, -0.1) is 0 Å². The van der Waals surface area contributed by atoms with Crippen LogP contribution in [0.25, 0.3) is 0 Å². The van der Waals surface area contributed by atoms with E-state index in [0.717, 1.165) is 31.6 Å². The average molecular weight is 308 g/mol. The molecule has 0 fully saturated rings. The van der Waals surface area contributed by atoms with Crippen LogP contribution in [0.5, 0.6) is 5.75 Å². The Balaban J connectivity index is 2.22. The number of hydrogen-bond acceptors (Lipinski definition) is 4. The number of carbonyl (C=O) groups is 1. The summed E-state index contributed by atoms with van der Waals surface area (Å²) in [6, 6.07) is 8.02. The van der Waals surface area contributed by atoms with Crippen molar-refractivity contribution < 1.29 is 19.4 Å². The number of ether oxygens (including phenoxy) is 2. The van der Waals surface area contributed by atoms with E-state index >= 15 is 0 Å². The molecular formula is C18H28O4.